The summed E-state index contributed by atoms with van der Waals surface area (Å²) < 4.78 is 0. The number of carbonyl (C=O) groups is 1. The van der Waals surface area contributed by atoms with E-state index in [1.54, 1.807) is 0 Å². The number of amides is 1. The third-order valence-corrected chi connectivity index (χ3v) is 4.64. The Bertz CT molecular complexity index is 393. The second-order valence-electron chi connectivity index (χ2n) is 4.94. The van der Waals surface area contributed by atoms with Crippen molar-refractivity contribution >= 4 is 21.8 Å². The van der Waals surface area contributed by atoms with Gasteiger partial charge in [0.25, 0.3) is 5.91 Å². The van der Waals surface area contributed by atoms with Gasteiger partial charge in [0.15, 0.2) is 0 Å². The van der Waals surface area contributed by atoms with Crippen molar-refractivity contribution in [3.8, 4) is 0 Å². The van der Waals surface area contributed by atoms with E-state index in [-0.39, 0.29) is 5.91 Å². The van der Waals surface area contributed by atoms with E-state index in [1.807, 2.05) is 17.0 Å². The summed E-state index contributed by atoms with van der Waals surface area (Å²) in [5.41, 5.74) is 2.11. The van der Waals surface area contributed by atoms with Gasteiger partial charge in [-0.25, -0.2) is 0 Å². The van der Waals surface area contributed by atoms with E-state index >= 15 is 0 Å². The highest BCUT2D eigenvalue weighted by Crippen LogP contribution is 2.20. The Morgan fingerprint density at radius 2 is 1.89 bits per heavy atom. The molecule has 1 saturated heterocycles. The van der Waals surface area contributed by atoms with Gasteiger partial charge in [-0.3, -0.25) is 4.79 Å². The summed E-state index contributed by atoms with van der Waals surface area (Å²) in [4.78, 5) is 14.3. The fourth-order valence-electron chi connectivity index (χ4n) is 2.36. The molecule has 98 valence electrons. The van der Waals surface area contributed by atoms with Gasteiger partial charge in [0.1, 0.15) is 0 Å². The summed E-state index contributed by atoms with van der Waals surface area (Å²) in [5, 5.41) is 1.06. The highest BCUT2D eigenvalue weighted by Gasteiger charge is 2.22. The van der Waals surface area contributed by atoms with Crippen LogP contribution in [0.1, 0.15) is 35.7 Å². The Hall–Kier alpha value is -0.830. The van der Waals surface area contributed by atoms with Crippen molar-refractivity contribution in [3.63, 3.8) is 0 Å². The number of piperidine rings is 1. The molecule has 0 aliphatic carbocycles. The van der Waals surface area contributed by atoms with Crippen molar-refractivity contribution in [3.05, 3.63) is 35.4 Å². The van der Waals surface area contributed by atoms with Gasteiger partial charge in [0, 0.05) is 24.0 Å². The van der Waals surface area contributed by atoms with Crippen LogP contribution in [0.15, 0.2) is 24.3 Å². The number of hydrogen-bond acceptors (Lipinski definition) is 1. The summed E-state index contributed by atoms with van der Waals surface area (Å²) in [6.07, 6.45) is 3.25. The van der Waals surface area contributed by atoms with E-state index in [0.29, 0.717) is 0 Å². The van der Waals surface area contributed by atoms with Gasteiger partial charge < -0.3 is 4.90 Å². The van der Waals surface area contributed by atoms with Crippen LogP contribution >= 0.6 is 15.9 Å². The van der Waals surface area contributed by atoms with Crippen LogP contribution in [0.3, 0.4) is 0 Å². The summed E-state index contributed by atoms with van der Waals surface area (Å²) >= 11 is 3.53. The molecule has 1 aliphatic heterocycles. The molecule has 0 unspecified atom stereocenters. The summed E-state index contributed by atoms with van der Waals surface area (Å²) in [7, 11) is 0. The molecule has 0 N–H and O–H groups in total. The second-order valence-corrected chi connectivity index (χ2v) is 5.59. The molecule has 2 rings (SSSR count). The minimum Gasteiger partial charge on any atom is -0.339 e. The van der Waals surface area contributed by atoms with Crippen molar-refractivity contribution < 1.29 is 4.79 Å². The van der Waals surface area contributed by atoms with Crippen LogP contribution in [-0.2, 0) is 6.42 Å². The predicted octanol–water partition coefficient (Wildman–Crippen LogP) is 3.50. The summed E-state index contributed by atoms with van der Waals surface area (Å²) in [6, 6.07) is 8.02. The average molecular weight is 310 g/mol. The maximum atomic E-state index is 12.3. The van der Waals surface area contributed by atoms with Gasteiger partial charge in [0.05, 0.1) is 0 Å². The first kappa shape index (κ1) is 13.6. The van der Waals surface area contributed by atoms with E-state index in [0.717, 1.165) is 49.2 Å². The van der Waals surface area contributed by atoms with Crippen LogP contribution in [0.2, 0.25) is 0 Å². The first-order valence-electron chi connectivity index (χ1n) is 6.68. The topological polar surface area (TPSA) is 20.3 Å². The molecule has 0 spiro atoms. The molecule has 2 nitrogen and oxygen atoms in total. The van der Waals surface area contributed by atoms with E-state index in [4.69, 9.17) is 0 Å². The van der Waals surface area contributed by atoms with Crippen molar-refractivity contribution in [1.82, 2.24) is 4.90 Å². The number of benzene rings is 1. The standard InChI is InChI=1S/C15H20BrNO/c1-2-12-3-5-14(6-4-12)15(18)17-9-7-13(11-16)8-10-17/h3-6,13H,2,7-11H2,1H3. The first-order chi connectivity index (χ1) is 8.74. The third-order valence-electron chi connectivity index (χ3n) is 3.73. The number of nitrogens with zero attached hydrogens (tertiary/aromatic N) is 1. The molecule has 0 bridgehead atoms. The Labute approximate surface area is 117 Å². The number of aryl methyl sites for hydroxylation is 1. The van der Waals surface area contributed by atoms with E-state index in [1.165, 1.54) is 5.56 Å². The van der Waals surface area contributed by atoms with E-state index in [9.17, 15) is 4.79 Å². The minimum atomic E-state index is 0.186. The normalized spacial score (nSPS) is 16.9. The van der Waals surface area contributed by atoms with E-state index < -0.39 is 0 Å². The lowest BCUT2D eigenvalue weighted by Gasteiger charge is -2.31. The number of rotatable bonds is 3. The van der Waals surface area contributed by atoms with Crippen molar-refractivity contribution in [2.45, 2.75) is 26.2 Å². The molecule has 3 heteroatoms. The molecular weight excluding hydrogens is 290 g/mol. The average Bonchev–Trinajstić information content (AvgIpc) is 2.47. The van der Waals surface area contributed by atoms with Crippen LogP contribution in [0, 0.1) is 5.92 Å². The number of hydrogen-bond donors (Lipinski definition) is 0. The lowest BCUT2D eigenvalue weighted by Crippen LogP contribution is -2.38. The fraction of sp³-hybridized carbons (Fsp3) is 0.533. The van der Waals surface area contributed by atoms with Gasteiger partial charge in [0.2, 0.25) is 0 Å². The Balaban J connectivity index is 1.98. The highest BCUT2D eigenvalue weighted by atomic mass is 79.9. The number of alkyl halides is 1. The minimum absolute atomic E-state index is 0.186. The van der Waals surface area contributed by atoms with Crippen molar-refractivity contribution in [2.24, 2.45) is 5.92 Å². The maximum absolute atomic E-state index is 12.3. The van der Waals surface area contributed by atoms with Crippen LogP contribution in [0.5, 0.6) is 0 Å². The monoisotopic (exact) mass is 309 g/mol. The van der Waals surface area contributed by atoms with E-state index in [2.05, 4.69) is 35.0 Å². The van der Waals surface area contributed by atoms with Crippen molar-refractivity contribution in [1.29, 1.82) is 0 Å². The number of carbonyl (C=O) groups excluding carboxylic acids is 1. The summed E-state index contributed by atoms with van der Waals surface area (Å²) in [6.45, 7) is 3.91. The molecule has 18 heavy (non-hydrogen) atoms. The lowest BCUT2D eigenvalue weighted by atomic mass is 9.98. The summed E-state index contributed by atoms with van der Waals surface area (Å²) in [5.74, 6) is 0.919. The lowest BCUT2D eigenvalue weighted by molar-refractivity contribution is 0.0699. The van der Waals surface area contributed by atoms with Gasteiger partial charge in [-0.15, -0.1) is 0 Å². The smallest absolute Gasteiger partial charge is 0.253 e. The highest BCUT2D eigenvalue weighted by molar-refractivity contribution is 9.09. The van der Waals surface area contributed by atoms with Crippen LogP contribution in [-0.4, -0.2) is 29.2 Å². The molecule has 1 amide bonds. The quantitative estimate of drug-likeness (QED) is 0.783. The molecule has 0 saturated carbocycles. The molecule has 0 atom stereocenters. The molecule has 1 aromatic carbocycles. The zero-order valence-electron chi connectivity index (χ0n) is 10.9. The van der Waals surface area contributed by atoms with Gasteiger partial charge in [-0.1, -0.05) is 35.0 Å². The zero-order chi connectivity index (χ0) is 13.0. The van der Waals surface area contributed by atoms with Gasteiger partial charge in [-0.05, 0) is 42.9 Å². The SMILES string of the molecule is CCc1ccc(C(=O)N2CCC(CBr)CC2)cc1. The Morgan fingerprint density at radius 1 is 1.28 bits per heavy atom. The fourth-order valence-corrected chi connectivity index (χ4v) is 3.00. The maximum Gasteiger partial charge on any atom is 0.253 e. The molecule has 1 fully saturated rings. The zero-order valence-corrected chi connectivity index (χ0v) is 12.4. The molecule has 1 heterocycles. The molecule has 1 aliphatic rings. The van der Waals surface area contributed by atoms with Crippen LogP contribution in [0.25, 0.3) is 0 Å². The number of halogens is 1. The molecule has 1 aromatic rings. The Kier molecular flexibility index (Phi) is 4.81. The van der Waals surface area contributed by atoms with Gasteiger partial charge in [-0.2, -0.15) is 0 Å². The second kappa shape index (κ2) is 6.37. The van der Waals surface area contributed by atoms with Crippen molar-refractivity contribution in [2.75, 3.05) is 18.4 Å². The third kappa shape index (κ3) is 3.14. The first-order valence-corrected chi connectivity index (χ1v) is 7.81. The number of likely N-dealkylation sites (tertiary alicyclic amines) is 1. The molecule has 0 radical (unpaired) electrons. The Morgan fingerprint density at radius 3 is 2.39 bits per heavy atom. The predicted molar refractivity (Wildman–Crippen MR) is 78.2 cm³/mol. The molecular formula is C15H20BrNO. The molecule has 0 aromatic heterocycles. The van der Waals surface area contributed by atoms with Crippen LogP contribution in [0.4, 0.5) is 0 Å². The van der Waals surface area contributed by atoms with Gasteiger partial charge >= 0.3 is 0 Å². The largest absolute Gasteiger partial charge is 0.339 e. The van der Waals surface area contributed by atoms with Crippen LogP contribution < -0.4 is 0 Å².